The molecule has 120 valence electrons. The van der Waals surface area contributed by atoms with Gasteiger partial charge < -0.3 is 5.32 Å². The Hall–Kier alpha value is -0.350. The number of aromatic nitrogens is 2. The molecule has 0 aromatic carbocycles. The second kappa shape index (κ2) is 6.82. The topological polar surface area (TPSA) is 29.9 Å². The van der Waals surface area contributed by atoms with E-state index in [0.29, 0.717) is 5.41 Å². The molecule has 1 aromatic rings. The Kier molecular flexibility index (Phi) is 5.53. The predicted molar refractivity (Wildman–Crippen MR) is 92.5 cm³/mol. The molecular weight excluding hydrogens is 326 g/mol. The molecule has 0 spiro atoms. The van der Waals surface area contributed by atoms with Gasteiger partial charge in [0.05, 0.1) is 15.9 Å². The number of nitrogens with zero attached hydrogens (tertiary/aromatic N) is 2. The van der Waals surface area contributed by atoms with Crippen LogP contribution in [0.1, 0.15) is 51.4 Å². The van der Waals surface area contributed by atoms with Gasteiger partial charge in [0.15, 0.2) is 0 Å². The fourth-order valence-corrected chi connectivity index (χ4v) is 4.28. The summed E-state index contributed by atoms with van der Waals surface area (Å²) in [5, 5.41) is 8.12. The minimum absolute atomic E-state index is 0.480. The van der Waals surface area contributed by atoms with Gasteiger partial charge >= 0.3 is 0 Å². The van der Waals surface area contributed by atoms with Crippen LogP contribution in [0.15, 0.2) is 4.47 Å². The van der Waals surface area contributed by atoms with Crippen molar-refractivity contribution in [2.45, 2.75) is 53.4 Å². The van der Waals surface area contributed by atoms with Crippen LogP contribution in [0.5, 0.6) is 0 Å². The number of hydrogen-bond donors (Lipinski definition) is 1. The molecule has 0 aliphatic heterocycles. The van der Waals surface area contributed by atoms with Gasteiger partial charge in [-0.25, -0.2) is 0 Å². The monoisotopic (exact) mass is 355 g/mol. The fraction of sp³-hybridized carbons (Fsp3) is 0.824. The van der Waals surface area contributed by atoms with E-state index in [1.54, 1.807) is 0 Å². The van der Waals surface area contributed by atoms with Gasteiger partial charge in [-0.05, 0) is 78.9 Å². The van der Waals surface area contributed by atoms with E-state index < -0.39 is 0 Å². The second-order valence-corrected chi connectivity index (χ2v) is 8.20. The summed E-state index contributed by atoms with van der Waals surface area (Å²) in [6, 6.07) is 0. The van der Waals surface area contributed by atoms with E-state index in [2.05, 4.69) is 65.8 Å². The molecule has 1 aliphatic rings. The number of nitrogens with one attached hydrogen (secondary N) is 1. The van der Waals surface area contributed by atoms with Crippen molar-refractivity contribution in [2.75, 3.05) is 13.1 Å². The molecule has 3 nitrogen and oxygen atoms in total. The maximum Gasteiger partial charge on any atom is 0.0738 e. The minimum Gasteiger partial charge on any atom is -0.317 e. The van der Waals surface area contributed by atoms with Gasteiger partial charge in [0.1, 0.15) is 0 Å². The van der Waals surface area contributed by atoms with Gasteiger partial charge in [0.2, 0.25) is 0 Å². The van der Waals surface area contributed by atoms with Crippen LogP contribution in [0.2, 0.25) is 0 Å². The highest BCUT2D eigenvalue weighted by molar-refractivity contribution is 9.10. The van der Waals surface area contributed by atoms with Crippen LogP contribution in [0, 0.1) is 24.2 Å². The highest BCUT2D eigenvalue weighted by atomic mass is 79.9. The summed E-state index contributed by atoms with van der Waals surface area (Å²) in [5.41, 5.74) is 2.94. The molecule has 1 fully saturated rings. The van der Waals surface area contributed by atoms with Crippen molar-refractivity contribution in [3.05, 3.63) is 15.9 Å². The quantitative estimate of drug-likeness (QED) is 0.861. The maximum absolute atomic E-state index is 4.55. The molecule has 0 bridgehead atoms. The molecule has 2 rings (SSSR count). The van der Waals surface area contributed by atoms with Crippen molar-refractivity contribution >= 4 is 15.9 Å². The largest absolute Gasteiger partial charge is 0.317 e. The zero-order valence-electron chi connectivity index (χ0n) is 14.2. The molecule has 0 saturated heterocycles. The van der Waals surface area contributed by atoms with Gasteiger partial charge in [-0.15, -0.1) is 0 Å². The van der Waals surface area contributed by atoms with Crippen LogP contribution >= 0.6 is 15.9 Å². The van der Waals surface area contributed by atoms with Crippen LogP contribution in [0.4, 0.5) is 0 Å². The summed E-state index contributed by atoms with van der Waals surface area (Å²) in [5.74, 6) is 1.54. The second-order valence-electron chi connectivity index (χ2n) is 7.41. The Morgan fingerprint density at radius 2 is 2.10 bits per heavy atom. The summed E-state index contributed by atoms with van der Waals surface area (Å²) in [6.07, 6.45) is 5.15. The summed E-state index contributed by atoms with van der Waals surface area (Å²) >= 11 is 3.73. The molecule has 1 heterocycles. The van der Waals surface area contributed by atoms with E-state index in [1.807, 2.05) is 0 Å². The third-order valence-corrected chi connectivity index (χ3v) is 6.08. The minimum atomic E-state index is 0.480. The van der Waals surface area contributed by atoms with Crippen molar-refractivity contribution in [1.29, 1.82) is 0 Å². The fourth-order valence-electron chi connectivity index (χ4n) is 3.78. The van der Waals surface area contributed by atoms with Crippen molar-refractivity contribution in [3.63, 3.8) is 0 Å². The van der Waals surface area contributed by atoms with Gasteiger partial charge in [-0.1, -0.05) is 20.8 Å². The lowest BCUT2D eigenvalue weighted by molar-refractivity contribution is 0.115. The van der Waals surface area contributed by atoms with Crippen LogP contribution in [0.25, 0.3) is 0 Å². The third-order valence-electron chi connectivity index (χ3n) is 5.05. The normalized spacial score (nSPS) is 25.2. The highest BCUT2D eigenvalue weighted by Crippen LogP contribution is 2.43. The van der Waals surface area contributed by atoms with Crippen molar-refractivity contribution in [2.24, 2.45) is 24.3 Å². The van der Waals surface area contributed by atoms with Gasteiger partial charge in [0.25, 0.3) is 0 Å². The molecule has 1 aromatic heterocycles. The first-order valence-corrected chi connectivity index (χ1v) is 9.02. The maximum atomic E-state index is 4.55. The average molecular weight is 356 g/mol. The van der Waals surface area contributed by atoms with Crippen molar-refractivity contribution in [1.82, 2.24) is 15.1 Å². The lowest BCUT2D eigenvalue weighted by atomic mass is 9.66. The lowest BCUT2D eigenvalue weighted by Gasteiger charge is -2.41. The zero-order valence-corrected chi connectivity index (χ0v) is 15.8. The highest BCUT2D eigenvalue weighted by Gasteiger charge is 2.35. The first-order valence-electron chi connectivity index (χ1n) is 8.22. The van der Waals surface area contributed by atoms with E-state index in [-0.39, 0.29) is 0 Å². The Bertz CT molecular complexity index is 479. The molecule has 2 atom stereocenters. The SMILES string of the molecule is CCNCC1CCC(C)(C)CC1Cc1c(Br)c(C)nn1C. The Balaban J connectivity index is 2.15. The van der Waals surface area contributed by atoms with E-state index >= 15 is 0 Å². The molecule has 1 saturated carbocycles. The first-order chi connectivity index (χ1) is 9.84. The summed E-state index contributed by atoms with van der Waals surface area (Å²) in [6.45, 7) is 11.4. The number of aryl methyl sites for hydroxylation is 2. The van der Waals surface area contributed by atoms with Crippen LogP contribution in [-0.2, 0) is 13.5 Å². The standard InChI is InChI=1S/C17H30BrN3/c1-6-19-11-13-7-8-17(3,4)10-14(13)9-15-16(18)12(2)20-21(15)5/h13-14,19H,6-11H2,1-5H3. The number of rotatable bonds is 5. The zero-order chi connectivity index (χ0) is 15.6. The van der Waals surface area contributed by atoms with Crippen LogP contribution < -0.4 is 5.32 Å². The van der Waals surface area contributed by atoms with Gasteiger partial charge in [-0.3, -0.25) is 4.68 Å². The van der Waals surface area contributed by atoms with Crippen molar-refractivity contribution < 1.29 is 0 Å². The summed E-state index contributed by atoms with van der Waals surface area (Å²) in [4.78, 5) is 0. The van der Waals surface area contributed by atoms with Gasteiger partial charge in [0, 0.05) is 7.05 Å². The Morgan fingerprint density at radius 1 is 1.38 bits per heavy atom. The van der Waals surface area contributed by atoms with Crippen molar-refractivity contribution in [3.8, 4) is 0 Å². The molecule has 1 aliphatic carbocycles. The molecule has 0 radical (unpaired) electrons. The average Bonchev–Trinajstić information content (AvgIpc) is 2.64. The van der Waals surface area contributed by atoms with E-state index in [1.165, 1.54) is 29.4 Å². The molecular formula is C17H30BrN3. The lowest BCUT2D eigenvalue weighted by Crippen LogP contribution is -2.37. The molecule has 1 N–H and O–H groups in total. The molecule has 2 unspecified atom stereocenters. The van der Waals surface area contributed by atoms with Crippen LogP contribution in [0.3, 0.4) is 0 Å². The Labute approximate surface area is 138 Å². The molecule has 4 heteroatoms. The summed E-state index contributed by atoms with van der Waals surface area (Å²) in [7, 11) is 2.07. The smallest absolute Gasteiger partial charge is 0.0738 e. The van der Waals surface area contributed by atoms with E-state index in [0.717, 1.165) is 37.0 Å². The van der Waals surface area contributed by atoms with E-state index in [9.17, 15) is 0 Å². The third kappa shape index (κ3) is 4.10. The number of hydrogen-bond acceptors (Lipinski definition) is 2. The predicted octanol–water partition coefficient (Wildman–Crippen LogP) is 4.09. The van der Waals surface area contributed by atoms with Crippen LogP contribution in [-0.4, -0.2) is 22.9 Å². The molecule has 0 amide bonds. The number of halogens is 1. The first kappa shape index (κ1) is 17.0. The molecule has 21 heavy (non-hydrogen) atoms. The van der Waals surface area contributed by atoms with E-state index in [4.69, 9.17) is 0 Å². The Morgan fingerprint density at radius 3 is 2.67 bits per heavy atom. The summed E-state index contributed by atoms with van der Waals surface area (Å²) < 4.78 is 3.27. The van der Waals surface area contributed by atoms with Gasteiger partial charge in [-0.2, -0.15) is 5.10 Å².